The van der Waals surface area contributed by atoms with Crippen LogP contribution >= 0.6 is 0 Å². The van der Waals surface area contributed by atoms with Crippen molar-refractivity contribution in [3.63, 3.8) is 0 Å². The van der Waals surface area contributed by atoms with Gasteiger partial charge in [0.1, 0.15) is 0 Å². The van der Waals surface area contributed by atoms with Gasteiger partial charge in [-0.3, -0.25) is 4.90 Å². The van der Waals surface area contributed by atoms with E-state index in [1.54, 1.807) is 0 Å². The molecule has 0 spiro atoms. The molecule has 0 aromatic heterocycles. The van der Waals surface area contributed by atoms with Crippen LogP contribution in [0, 0.1) is 0 Å². The van der Waals surface area contributed by atoms with Crippen LogP contribution in [-0.2, 0) is 17.8 Å². The predicted molar refractivity (Wildman–Crippen MR) is 115 cm³/mol. The van der Waals surface area contributed by atoms with Gasteiger partial charge in [0.15, 0.2) is 5.96 Å². The topological polar surface area (TPSA) is 72.4 Å². The van der Waals surface area contributed by atoms with E-state index in [-0.39, 0.29) is 0 Å². The van der Waals surface area contributed by atoms with Crippen molar-refractivity contribution in [2.45, 2.75) is 32.5 Å². The summed E-state index contributed by atoms with van der Waals surface area (Å²) in [6.07, 6.45) is 0. The van der Waals surface area contributed by atoms with E-state index in [1.807, 2.05) is 13.8 Å². The smallest absolute Gasteiger partial charge is 0.191 e. The zero-order valence-corrected chi connectivity index (χ0v) is 17.9. The summed E-state index contributed by atoms with van der Waals surface area (Å²) in [5.74, 6) is 0.726. The van der Waals surface area contributed by atoms with E-state index in [9.17, 15) is 5.11 Å². The highest BCUT2D eigenvalue weighted by Gasteiger charge is 2.25. The second-order valence-corrected chi connectivity index (χ2v) is 7.94. The van der Waals surface area contributed by atoms with Crippen LogP contribution in [0.15, 0.2) is 29.3 Å². The van der Waals surface area contributed by atoms with Crippen molar-refractivity contribution < 1.29 is 9.84 Å². The minimum absolute atomic E-state index is 0.440. The molecule has 3 N–H and O–H groups in total. The molecule has 2 rings (SSSR count). The molecule has 1 aliphatic rings. The molecule has 1 aliphatic heterocycles. The largest absolute Gasteiger partial charge is 0.387 e. The van der Waals surface area contributed by atoms with E-state index < -0.39 is 5.60 Å². The molecule has 0 bridgehead atoms. The number of β-amino-alcohol motifs (C(OH)–C–C–N with tert-alkyl or cyclic N) is 1. The number of hydrogen-bond acceptors (Lipinski definition) is 5. The first-order valence-electron chi connectivity index (χ1n) is 10.2. The number of ether oxygens (including phenoxy) is 1. The molecule has 7 nitrogen and oxygen atoms in total. The standard InChI is InChI=1S/C21H37N5O2/c1-5-22-20(23-14-18-8-6-7-9-19(18)15-25(3)4)24-16-21(2,27)17-26-10-12-28-13-11-26/h6-9,27H,5,10-17H2,1-4H3,(H2,22,23,24). The van der Waals surface area contributed by atoms with Gasteiger partial charge < -0.3 is 25.4 Å². The van der Waals surface area contributed by atoms with Gasteiger partial charge in [-0.05, 0) is 39.1 Å². The van der Waals surface area contributed by atoms with Crippen molar-refractivity contribution in [2.75, 3.05) is 60.0 Å². The van der Waals surface area contributed by atoms with E-state index in [4.69, 9.17) is 9.73 Å². The first-order chi connectivity index (χ1) is 13.4. The summed E-state index contributed by atoms with van der Waals surface area (Å²) >= 11 is 0. The number of hydrogen-bond donors (Lipinski definition) is 3. The molecule has 1 aromatic rings. The fourth-order valence-corrected chi connectivity index (χ4v) is 3.28. The van der Waals surface area contributed by atoms with Crippen LogP contribution < -0.4 is 10.6 Å². The minimum atomic E-state index is -0.837. The van der Waals surface area contributed by atoms with Gasteiger partial charge in [0.2, 0.25) is 0 Å². The van der Waals surface area contributed by atoms with Crippen LogP contribution in [0.5, 0.6) is 0 Å². The number of benzene rings is 1. The molecule has 0 saturated carbocycles. The Kier molecular flexibility index (Phi) is 9.18. The first-order valence-corrected chi connectivity index (χ1v) is 10.2. The molecular formula is C21H37N5O2. The number of guanidine groups is 1. The monoisotopic (exact) mass is 391 g/mol. The predicted octanol–water partition coefficient (Wildman–Crippen LogP) is 0.887. The summed E-state index contributed by atoms with van der Waals surface area (Å²) in [4.78, 5) is 9.14. The fourth-order valence-electron chi connectivity index (χ4n) is 3.28. The zero-order valence-electron chi connectivity index (χ0n) is 17.9. The number of aliphatic hydroxyl groups is 1. The third kappa shape index (κ3) is 8.14. The number of rotatable bonds is 9. The van der Waals surface area contributed by atoms with Crippen molar-refractivity contribution in [1.29, 1.82) is 0 Å². The fraction of sp³-hybridized carbons (Fsp3) is 0.667. The van der Waals surface area contributed by atoms with Crippen molar-refractivity contribution in [3.05, 3.63) is 35.4 Å². The van der Waals surface area contributed by atoms with Crippen LogP contribution in [0.25, 0.3) is 0 Å². The molecule has 1 heterocycles. The summed E-state index contributed by atoms with van der Waals surface area (Å²) < 4.78 is 5.38. The Hall–Kier alpha value is -1.67. The van der Waals surface area contributed by atoms with Crippen LogP contribution in [0.1, 0.15) is 25.0 Å². The lowest BCUT2D eigenvalue weighted by Gasteiger charge is -2.34. The van der Waals surface area contributed by atoms with Gasteiger partial charge in [-0.1, -0.05) is 24.3 Å². The highest BCUT2D eigenvalue weighted by atomic mass is 16.5. The van der Waals surface area contributed by atoms with Gasteiger partial charge in [0.25, 0.3) is 0 Å². The molecule has 0 radical (unpaired) electrons. The van der Waals surface area contributed by atoms with Gasteiger partial charge in [0.05, 0.1) is 25.4 Å². The third-order valence-electron chi connectivity index (χ3n) is 4.66. The molecule has 1 aromatic carbocycles. The molecule has 1 saturated heterocycles. The van der Waals surface area contributed by atoms with Crippen LogP contribution in [-0.4, -0.2) is 86.5 Å². The van der Waals surface area contributed by atoms with Crippen LogP contribution in [0.4, 0.5) is 0 Å². The maximum absolute atomic E-state index is 10.8. The molecular weight excluding hydrogens is 354 g/mol. The number of morpholine rings is 1. The summed E-state index contributed by atoms with van der Waals surface area (Å²) in [7, 11) is 4.14. The number of nitrogens with one attached hydrogen (secondary N) is 2. The summed E-state index contributed by atoms with van der Waals surface area (Å²) in [5, 5.41) is 17.4. The molecule has 28 heavy (non-hydrogen) atoms. The highest BCUT2D eigenvalue weighted by molar-refractivity contribution is 5.79. The molecule has 0 amide bonds. The Labute approximate surface area is 169 Å². The Morgan fingerprint density at radius 1 is 1.21 bits per heavy atom. The van der Waals surface area contributed by atoms with Crippen molar-refractivity contribution >= 4 is 5.96 Å². The quantitative estimate of drug-likeness (QED) is 0.429. The maximum atomic E-state index is 10.8. The van der Waals surface area contributed by atoms with Gasteiger partial charge >= 0.3 is 0 Å². The van der Waals surface area contributed by atoms with Gasteiger partial charge in [-0.25, -0.2) is 4.99 Å². The highest BCUT2D eigenvalue weighted by Crippen LogP contribution is 2.12. The van der Waals surface area contributed by atoms with E-state index >= 15 is 0 Å². The summed E-state index contributed by atoms with van der Waals surface area (Å²) in [5.41, 5.74) is 1.66. The van der Waals surface area contributed by atoms with Crippen molar-refractivity contribution in [3.8, 4) is 0 Å². The van der Waals surface area contributed by atoms with E-state index in [0.29, 0.717) is 19.6 Å². The lowest BCUT2D eigenvalue weighted by atomic mass is 10.1. The molecule has 1 atom stereocenters. The zero-order chi connectivity index (χ0) is 20.4. The maximum Gasteiger partial charge on any atom is 0.191 e. The van der Waals surface area contributed by atoms with Crippen molar-refractivity contribution in [1.82, 2.24) is 20.4 Å². The lowest BCUT2D eigenvalue weighted by Crippen LogP contribution is -2.52. The average molecular weight is 392 g/mol. The average Bonchev–Trinajstić information content (AvgIpc) is 2.65. The van der Waals surface area contributed by atoms with Crippen LogP contribution in [0.3, 0.4) is 0 Å². The van der Waals surface area contributed by atoms with Crippen molar-refractivity contribution in [2.24, 2.45) is 4.99 Å². The van der Waals surface area contributed by atoms with E-state index in [0.717, 1.165) is 45.4 Å². The molecule has 158 valence electrons. The van der Waals surface area contributed by atoms with E-state index in [1.165, 1.54) is 11.1 Å². The second kappa shape index (κ2) is 11.4. The van der Waals surface area contributed by atoms with Gasteiger partial charge in [0, 0.05) is 39.3 Å². The van der Waals surface area contributed by atoms with E-state index in [2.05, 4.69) is 58.8 Å². The number of nitrogens with zero attached hydrogens (tertiary/aromatic N) is 3. The molecule has 1 unspecified atom stereocenters. The minimum Gasteiger partial charge on any atom is -0.387 e. The third-order valence-corrected chi connectivity index (χ3v) is 4.66. The van der Waals surface area contributed by atoms with Crippen LogP contribution in [0.2, 0.25) is 0 Å². The number of aliphatic imine (C=N–C) groups is 1. The van der Waals surface area contributed by atoms with Gasteiger partial charge in [-0.15, -0.1) is 0 Å². The molecule has 7 heteroatoms. The Morgan fingerprint density at radius 3 is 2.54 bits per heavy atom. The Balaban J connectivity index is 1.94. The Bertz CT molecular complexity index is 613. The Morgan fingerprint density at radius 2 is 1.89 bits per heavy atom. The molecule has 0 aliphatic carbocycles. The first kappa shape index (κ1) is 22.6. The summed E-state index contributed by atoms with van der Waals surface area (Å²) in [6.45, 7) is 10.4. The second-order valence-electron chi connectivity index (χ2n) is 7.94. The molecule has 1 fully saturated rings. The summed E-state index contributed by atoms with van der Waals surface area (Å²) in [6, 6.07) is 8.40. The van der Waals surface area contributed by atoms with Gasteiger partial charge in [-0.2, -0.15) is 0 Å². The normalized spacial score (nSPS) is 18.1. The lowest BCUT2D eigenvalue weighted by molar-refractivity contribution is -0.0201. The SMILES string of the molecule is CCNC(=NCc1ccccc1CN(C)C)NCC(C)(O)CN1CCOCC1.